The normalized spacial score (nSPS) is 11.7. The zero-order valence-electron chi connectivity index (χ0n) is 15.7. The van der Waals surface area contributed by atoms with Gasteiger partial charge in [-0.25, -0.2) is 13.2 Å². The van der Waals surface area contributed by atoms with Crippen molar-refractivity contribution in [1.29, 1.82) is 0 Å². The van der Waals surface area contributed by atoms with Gasteiger partial charge in [-0.2, -0.15) is 0 Å². The van der Waals surface area contributed by atoms with Crippen LogP contribution in [0.5, 0.6) is 0 Å². The van der Waals surface area contributed by atoms with Gasteiger partial charge < -0.3 is 9.73 Å². The number of nitrogens with one attached hydrogen (secondary N) is 1. The Morgan fingerprint density at radius 2 is 1.71 bits per heavy atom. The second-order valence-corrected chi connectivity index (χ2v) is 7.55. The molecule has 0 saturated heterocycles. The molecule has 3 aromatic rings. The number of hydrogen-bond donors (Lipinski definition) is 1. The fraction of sp³-hybridized carbons (Fsp3) is 0.238. The first kappa shape index (κ1) is 19.7. The SMILES string of the molecule is Cc1c(F)cc2c(=O)cc(-c3ccc(NC(=O)C(C)(C)C)c(F)c3)oc2c1F. The maximum atomic E-state index is 14.4. The van der Waals surface area contributed by atoms with E-state index in [4.69, 9.17) is 4.42 Å². The lowest BCUT2D eigenvalue weighted by Crippen LogP contribution is -2.28. The second kappa shape index (κ2) is 6.82. The Kier molecular flexibility index (Phi) is 4.79. The number of rotatable bonds is 2. The van der Waals surface area contributed by atoms with Crippen LogP contribution in [0, 0.1) is 29.8 Å². The van der Waals surface area contributed by atoms with Crippen LogP contribution in [0.3, 0.4) is 0 Å². The number of hydrogen-bond acceptors (Lipinski definition) is 3. The molecule has 2 aromatic carbocycles. The smallest absolute Gasteiger partial charge is 0.229 e. The minimum absolute atomic E-state index is 0.0316. The number of fused-ring (bicyclic) bond motifs is 1. The Morgan fingerprint density at radius 1 is 1.04 bits per heavy atom. The van der Waals surface area contributed by atoms with Crippen molar-refractivity contribution >= 4 is 22.6 Å². The summed E-state index contributed by atoms with van der Waals surface area (Å²) in [5.41, 5.74) is -1.89. The maximum Gasteiger partial charge on any atom is 0.229 e. The fourth-order valence-corrected chi connectivity index (χ4v) is 2.53. The van der Waals surface area contributed by atoms with Gasteiger partial charge in [-0.15, -0.1) is 0 Å². The molecule has 28 heavy (non-hydrogen) atoms. The first-order valence-corrected chi connectivity index (χ1v) is 8.53. The van der Waals surface area contributed by atoms with Gasteiger partial charge in [-0.1, -0.05) is 20.8 Å². The summed E-state index contributed by atoms with van der Waals surface area (Å²) in [6, 6.07) is 5.77. The van der Waals surface area contributed by atoms with Gasteiger partial charge in [-0.05, 0) is 31.2 Å². The molecular weight excluding hydrogens is 371 g/mol. The van der Waals surface area contributed by atoms with Crippen LogP contribution in [-0.2, 0) is 4.79 Å². The van der Waals surface area contributed by atoms with Crippen LogP contribution < -0.4 is 10.7 Å². The lowest BCUT2D eigenvalue weighted by atomic mass is 9.95. The monoisotopic (exact) mass is 389 g/mol. The third kappa shape index (κ3) is 3.52. The molecule has 0 aliphatic heterocycles. The minimum atomic E-state index is -0.983. The highest BCUT2D eigenvalue weighted by atomic mass is 19.1. The van der Waals surface area contributed by atoms with Gasteiger partial charge in [0.2, 0.25) is 5.91 Å². The molecule has 0 aliphatic rings. The summed E-state index contributed by atoms with van der Waals surface area (Å²) in [5, 5.41) is 2.25. The number of anilines is 1. The summed E-state index contributed by atoms with van der Waals surface area (Å²) in [7, 11) is 0. The lowest BCUT2D eigenvalue weighted by molar-refractivity contribution is -0.123. The third-order valence-corrected chi connectivity index (χ3v) is 4.33. The van der Waals surface area contributed by atoms with Crippen LogP contribution in [0.2, 0.25) is 0 Å². The number of amides is 1. The van der Waals surface area contributed by atoms with E-state index < -0.39 is 33.9 Å². The van der Waals surface area contributed by atoms with Gasteiger partial charge in [0.15, 0.2) is 16.8 Å². The van der Waals surface area contributed by atoms with Crippen LogP contribution >= 0.6 is 0 Å². The van der Waals surface area contributed by atoms with Gasteiger partial charge in [0, 0.05) is 22.6 Å². The topological polar surface area (TPSA) is 59.3 Å². The molecule has 7 heteroatoms. The summed E-state index contributed by atoms with van der Waals surface area (Å²) in [5.74, 6) is -3.02. The predicted octanol–water partition coefficient (Wildman–Crippen LogP) is 5.17. The van der Waals surface area contributed by atoms with Crippen molar-refractivity contribution in [2.45, 2.75) is 27.7 Å². The maximum absolute atomic E-state index is 14.4. The van der Waals surface area contributed by atoms with E-state index >= 15 is 0 Å². The summed E-state index contributed by atoms with van der Waals surface area (Å²) >= 11 is 0. The molecule has 0 atom stereocenters. The van der Waals surface area contributed by atoms with Gasteiger partial charge >= 0.3 is 0 Å². The van der Waals surface area contributed by atoms with Crippen molar-refractivity contribution in [3.05, 3.63) is 63.6 Å². The van der Waals surface area contributed by atoms with E-state index in [1.54, 1.807) is 20.8 Å². The van der Waals surface area contributed by atoms with E-state index in [-0.39, 0.29) is 33.9 Å². The lowest BCUT2D eigenvalue weighted by Gasteiger charge is -2.18. The molecule has 4 nitrogen and oxygen atoms in total. The quantitative estimate of drug-likeness (QED) is 0.658. The number of benzene rings is 2. The highest BCUT2D eigenvalue weighted by Gasteiger charge is 2.22. The van der Waals surface area contributed by atoms with E-state index in [1.807, 2.05) is 0 Å². The van der Waals surface area contributed by atoms with Gasteiger partial charge in [0.05, 0.1) is 11.1 Å². The second-order valence-electron chi connectivity index (χ2n) is 7.55. The van der Waals surface area contributed by atoms with Gasteiger partial charge in [-0.3, -0.25) is 9.59 Å². The van der Waals surface area contributed by atoms with Crippen molar-refractivity contribution in [2.75, 3.05) is 5.32 Å². The zero-order chi connectivity index (χ0) is 20.8. The average molecular weight is 389 g/mol. The molecule has 0 spiro atoms. The number of halogens is 3. The van der Waals surface area contributed by atoms with Crippen LogP contribution in [0.25, 0.3) is 22.3 Å². The van der Waals surface area contributed by atoms with Crippen molar-refractivity contribution in [3.63, 3.8) is 0 Å². The van der Waals surface area contributed by atoms with E-state index in [2.05, 4.69) is 5.32 Å². The van der Waals surface area contributed by atoms with Crippen molar-refractivity contribution in [1.82, 2.24) is 0 Å². The van der Waals surface area contributed by atoms with Gasteiger partial charge in [0.1, 0.15) is 17.4 Å². The highest BCUT2D eigenvalue weighted by molar-refractivity contribution is 5.94. The molecule has 0 radical (unpaired) electrons. The van der Waals surface area contributed by atoms with Crippen LogP contribution in [0.1, 0.15) is 26.3 Å². The molecule has 0 unspecified atom stereocenters. The van der Waals surface area contributed by atoms with Crippen LogP contribution in [0.15, 0.2) is 39.5 Å². The first-order chi connectivity index (χ1) is 13.0. The Hall–Kier alpha value is -3.09. The summed E-state index contributed by atoms with van der Waals surface area (Å²) in [4.78, 5) is 24.3. The summed E-state index contributed by atoms with van der Waals surface area (Å²) in [6.07, 6.45) is 0. The average Bonchev–Trinajstić information content (AvgIpc) is 2.61. The Bertz CT molecular complexity index is 1160. The minimum Gasteiger partial charge on any atom is -0.453 e. The van der Waals surface area contributed by atoms with E-state index in [0.29, 0.717) is 0 Å². The first-order valence-electron chi connectivity index (χ1n) is 8.53. The molecule has 0 fully saturated rings. The molecule has 0 bridgehead atoms. The van der Waals surface area contributed by atoms with Crippen LogP contribution in [-0.4, -0.2) is 5.91 Å². The third-order valence-electron chi connectivity index (χ3n) is 4.33. The fourth-order valence-electron chi connectivity index (χ4n) is 2.53. The molecule has 0 saturated carbocycles. The Labute approximate surface area is 159 Å². The molecule has 3 rings (SSSR count). The van der Waals surface area contributed by atoms with E-state index in [9.17, 15) is 22.8 Å². The number of carbonyl (C=O) groups is 1. The molecule has 1 N–H and O–H groups in total. The molecule has 0 aliphatic carbocycles. The predicted molar refractivity (Wildman–Crippen MR) is 101 cm³/mol. The zero-order valence-corrected chi connectivity index (χ0v) is 15.7. The Morgan fingerprint density at radius 3 is 2.32 bits per heavy atom. The summed E-state index contributed by atoms with van der Waals surface area (Å²) in [6.45, 7) is 6.30. The molecule has 146 valence electrons. The van der Waals surface area contributed by atoms with E-state index in [0.717, 1.165) is 18.2 Å². The largest absolute Gasteiger partial charge is 0.453 e. The Balaban J connectivity index is 2.07. The standard InChI is InChI=1S/C21H18F3NO3/c1-10-13(22)8-12-16(26)9-17(28-19(12)18(10)24)11-5-6-15(14(23)7-11)25-20(27)21(2,3)4/h5-9H,1-4H3,(H,25,27). The van der Waals surface area contributed by atoms with Crippen molar-refractivity contribution < 1.29 is 22.4 Å². The van der Waals surface area contributed by atoms with E-state index in [1.165, 1.54) is 19.1 Å². The highest BCUT2D eigenvalue weighted by Crippen LogP contribution is 2.29. The molecular formula is C21H18F3NO3. The number of carbonyl (C=O) groups excluding carboxylic acids is 1. The molecule has 1 heterocycles. The van der Waals surface area contributed by atoms with Crippen LogP contribution in [0.4, 0.5) is 18.9 Å². The van der Waals surface area contributed by atoms with Crippen molar-refractivity contribution in [3.8, 4) is 11.3 Å². The summed E-state index contributed by atoms with van der Waals surface area (Å²) < 4.78 is 47.9. The molecule has 1 amide bonds. The molecule has 1 aromatic heterocycles. The van der Waals surface area contributed by atoms with Gasteiger partial charge in [0.25, 0.3) is 0 Å². The van der Waals surface area contributed by atoms with Crippen molar-refractivity contribution in [2.24, 2.45) is 5.41 Å².